The maximum absolute atomic E-state index is 12.0. The lowest BCUT2D eigenvalue weighted by molar-refractivity contribution is 0.0517. The fraction of sp³-hybridized carbons (Fsp3) is 0.429. The number of sulfone groups is 1. The normalized spacial score (nSPS) is 19.2. The van der Waals surface area contributed by atoms with E-state index in [0.29, 0.717) is 29.5 Å². The van der Waals surface area contributed by atoms with Gasteiger partial charge in [0.25, 0.3) is 0 Å². The van der Waals surface area contributed by atoms with Crippen LogP contribution in [0, 0.1) is 0 Å². The SMILES string of the molecule is COc1ccccc1OCC(O)CN(Cc1ccccc1Cl)C1CCS(=O)(=O)C1. The number of aliphatic hydroxyl groups excluding tert-OH is 1. The molecule has 8 heteroatoms. The third kappa shape index (κ3) is 6.09. The number of aliphatic hydroxyl groups is 1. The summed E-state index contributed by atoms with van der Waals surface area (Å²) >= 11 is 6.30. The van der Waals surface area contributed by atoms with E-state index in [1.807, 2.05) is 41.3 Å². The minimum Gasteiger partial charge on any atom is -0.493 e. The molecule has 2 atom stereocenters. The van der Waals surface area contributed by atoms with Crippen molar-refractivity contribution in [2.24, 2.45) is 0 Å². The summed E-state index contributed by atoms with van der Waals surface area (Å²) < 4.78 is 34.9. The maximum atomic E-state index is 12.0. The van der Waals surface area contributed by atoms with Crippen molar-refractivity contribution in [3.05, 3.63) is 59.1 Å². The Bertz CT molecular complexity index is 921. The zero-order chi connectivity index (χ0) is 20.9. The third-order valence-electron chi connectivity index (χ3n) is 5.00. The first kappa shape index (κ1) is 21.9. The highest BCUT2D eigenvalue weighted by Crippen LogP contribution is 2.27. The summed E-state index contributed by atoms with van der Waals surface area (Å²) in [7, 11) is -1.49. The van der Waals surface area contributed by atoms with Crippen molar-refractivity contribution in [2.45, 2.75) is 25.1 Å². The van der Waals surface area contributed by atoms with Crippen molar-refractivity contribution < 1.29 is 23.0 Å². The van der Waals surface area contributed by atoms with Gasteiger partial charge in [0.15, 0.2) is 21.3 Å². The Balaban J connectivity index is 1.68. The van der Waals surface area contributed by atoms with E-state index < -0.39 is 15.9 Å². The fourth-order valence-corrected chi connectivity index (χ4v) is 5.46. The molecular weight excluding hydrogens is 414 g/mol. The zero-order valence-corrected chi connectivity index (χ0v) is 17.9. The molecule has 2 aromatic rings. The molecule has 0 amide bonds. The van der Waals surface area contributed by atoms with E-state index in [9.17, 15) is 13.5 Å². The van der Waals surface area contributed by atoms with Gasteiger partial charge in [-0.05, 0) is 30.2 Å². The van der Waals surface area contributed by atoms with Crippen molar-refractivity contribution in [2.75, 3.05) is 31.8 Å². The van der Waals surface area contributed by atoms with Gasteiger partial charge in [-0.3, -0.25) is 4.90 Å². The molecule has 0 bridgehead atoms. The predicted octanol–water partition coefficient (Wildman–Crippen LogP) is 2.78. The molecule has 0 aromatic heterocycles. The van der Waals surface area contributed by atoms with Gasteiger partial charge in [-0.15, -0.1) is 0 Å². The number of hydrogen-bond acceptors (Lipinski definition) is 6. The molecule has 0 radical (unpaired) electrons. The first-order valence-corrected chi connectivity index (χ1v) is 11.7. The number of nitrogens with zero attached hydrogens (tertiary/aromatic N) is 1. The molecule has 2 unspecified atom stereocenters. The first-order chi connectivity index (χ1) is 13.9. The zero-order valence-electron chi connectivity index (χ0n) is 16.3. The summed E-state index contributed by atoms with van der Waals surface area (Å²) in [4.78, 5) is 1.99. The van der Waals surface area contributed by atoms with Gasteiger partial charge in [0.2, 0.25) is 0 Å². The van der Waals surface area contributed by atoms with Crippen molar-refractivity contribution in [3.63, 3.8) is 0 Å². The lowest BCUT2D eigenvalue weighted by Crippen LogP contribution is -2.42. The van der Waals surface area contributed by atoms with Crippen molar-refractivity contribution in [3.8, 4) is 11.5 Å². The molecule has 1 fully saturated rings. The van der Waals surface area contributed by atoms with Gasteiger partial charge >= 0.3 is 0 Å². The lowest BCUT2D eigenvalue weighted by atomic mass is 10.1. The number of halogens is 1. The summed E-state index contributed by atoms with van der Waals surface area (Å²) in [6.45, 7) is 0.811. The first-order valence-electron chi connectivity index (χ1n) is 9.49. The van der Waals surface area contributed by atoms with Gasteiger partial charge in [-0.25, -0.2) is 8.42 Å². The van der Waals surface area contributed by atoms with Crippen molar-refractivity contribution in [1.82, 2.24) is 4.90 Å². The summed E-state index contributed by atoms with van der Waals surface area (Å²) in [5.41, 5.74) is 0.899. The van der Waals surface area contributed by atoms with Crippen LogP contribution >= 0.6 is 11.6 Å². The molecule has 29 heavy (non-hydrogen) atoms. The van der Waals surface area contributed by atoms with Crippen LogP contribution in [0.5, 0.6) is 11.5 Å². The Morgan fingerprint density at radius 3 is 2.52 bits per heavy atom. The summed E-state index contributed by atoms with van der Waals surface area (Å²) in [6, 6.07) is 14.5. The Morgan fingerprint density at radius 2 is 1.86 bits per heavy atom. The average Bonchev–Trinajstić information content (AvgIpc) is 3.07. The molecule has 1 aliphatic rings. The highest BCUT2D eigenvalue weighted by atomic mass is 35.5. The monoisotopic (exact) mass is 439 g/mol. The maximum Gasteiger partial charge on any atom is 0.161 e. The Kier molecular flexibility index (Phi) is 7.40. The van der Waals surface area contributed by atoms with E-state index in [-0.39, 0.29) is 30.7 Å². The van der Waals surface area contributed by atoms with Crippen LogP contribution in [0.2, 0.25) is 5.02 Å². The second-order valence-electron chi connectivity index (χ2n) is 7.19. The molecule has 2 aromatic carbocycles. The van der Waals surface area contributed by atoms with Crippen LogP contribution in [0.15, 0.2) is 48.5 Å². The Labute approximate surface area is 176 Å². The standard InChI is InChI=1S/C21H26ClNO5S/c1-27-20-8-4-5-9-21(20)28-14-18(24)13-23(17-10-11-29(25,26)15-17)12-16-6-2-3-7-19(16)22/h2-9,17-18,24H,10-15H2,1H3. The minimum atomic E-state index is -3.05. The molecule has 3 rings (SSSR count). The number of methoxy groups -OCH3 is 1. The molecule has 158 valence electrons. The molecule has 1 N–H and O–H groups in total. The van der Waals surface area contributed by atoms with E-state index in [0.717, 1.165) is 5.56 Å². The van der Waals surface area contributed by atoms with E-state index in [1.165, 1.54) is 0 Å². The van der Waals surface area contributed by atoms with Gasteiger partial charge in [-0.2, -0.15) is 0 Å². The molecule has 0 aliphatic carbocycles. The summed E-state index contributed by atoms with van der Waals surface area (Å²) in [5.74, 6) is 1.41. The largest absolute Gasteiger partial charge is 0.493 e. The minimum absolute atomic E-state index is 0.0683. The van der Waals surface area contributed by atoms with E-state index in [4.69, 9.17) is 21.1 Å². The van der Waals surface area contributed by atoms with Crippen LogP contribution in [0.25, 0.3) is 0 Å². The second kappa shape index (κ2) is 9.80. The van der Waals surface area contributed by atoms with Gasteiger partial charge in [0.1, 0.15) is 12.7 Å². The average molecular weight is 440 g/mol. The molecule has 1 heterocycles. The molecule has 0 saturated carbocycles. The number of para-hydroxylation sites is 2. The lowest BCUT2D eigenvalue weighted by Gasteiger charge is -2.30. The topological polar surface area (TPSA) is 76.1 Å². The number of hydrogen-bond donors (Lipinski definition) is 1. The Hall–Kier alpha value is -1.80. The number of ether oxygens (including phenoxy) is 2. The Morgan fingerprint density at radius 1 is 1.17 bits per heavy atom. The molecule has 6 nitrogen and oxygen atoms in total. The molecule has 1 saturated heterocycles. The van der Waals surface area contributed by atoms with Gasteiger partial charge in [-0.1, -0.05) is 41.9 Å². The van der Waals surface area contributed by atoms with Crippen LogP contribution in [-0.4, -0.2) is 62.3 Å². The van der Waals surface area contributed by atoms with E-state index >= 15 is 0 Å². The molecule has 1 aliphatic heterocycles. The summed E-state index contributed by atoms with van der Waals surface area (Å²) in [5, 5.41) is 11.2. The van der Waals surface area contributed by atoms with Gasteiger partial charge < -0.3 is 14.6 Å². The van der Waals surface area contributed by atoms with Gasteiger partial charge in [0.05, 0.1) is 18.6 Å². The second-order valence-corrected chi connectivity index (χ2v) is 9.83. The highest BCUT2D eigenvalue weighted by molar-refractivity contribution is 7.91. The van der Waals surface area contributed by atoms with Crippen LogP contribution < -0.4 is 9.47 Å². The fourth-order valence-electron chi connectivity index (χ4n) is 3.50. The predicted molar refractivity (Wildman–Crippen MR) is 113 cm³/mol. The van der Waals surface area contributed by atoms with Crippen LogP contribution in [0.4, 0.5) is 0 Å². The third-order valence-corrected chi connectivity index (χ3v) is 7.12. The quantitative estimate of drug-likeness (QED) is 0.647. The van der Waals surface area contributed by atoms with Crippen LogP contribution in [0.1, 0.15) is 12.0 Å². The smallest absolute Gasteiger partial charge is 0.161 e. The van der Waals surface area contributed by atoms with E-state index in [2.05, 4.69) is 0 Å². The number of rotatable bonds is 9. The van der Waals surface area contributed by atoms with Crippen LogP contribution in [0.3, 0.4) is 0 Å². The van der Waals surface area contributed by atoms with Crippen molar-refractivity contribution >= 4 is 21.4 Å². The van der Waals surface area contributed by atoms with Crippen molar-refractivity contribution in [1.29, 1.82) is 0 Å². The van der Waals surface area contributed by atoms with Crippen LogP contribution in [-0.2, 0) is 16.4 Å². The molecular formula is C21H26ClNO5S. The summed E-state index contributed by atoms with van der Waals surface area (Å²) in [6.07, 6.45) is -0.252. The van der Waals surface area contributed by atoms with E-state index in [1.54, 1.807) is 19.2 Å². The number of benzene rings is 2. The highest BCUT2D eigenvalue weighted by Gasteiger charge is 2.33. The molecule has 0 spiro atoms. The van der Waals surface area contributed by atoms with Gasteiger partial charge in [0, 0.05) is 24.2 Å².